The van der Waals surface area contributed by atoms with Gasteiger partial charge in [0.1, 0.15) is 24.6 Å². The van der Waals surface area contributed by atoms with Crippen LogP contribution in [0.1, 0.15) is 20.8 Å². The SMILES string of the molecule is COCCOCC(=O)N(C)CC1=CN(C(=O)OC(C)(C)C)CCO1. The van der Waals surface area contributed by atoms with Crippen LogP contribution in [0.2, 0.25) is 0 Å². The fraction of sp³-hybridized carbons (Fsp3) is 0.750. The molecule has 8 heteroatoms. The first-order valence-corrected chi connectivity index (χ1v) is 7.86. The summed E-state index contributed by atoms with van der Waals surface area (Å²) >= 11 is 0. The van der Waals surface area contributed by atoms with E-state index in [-0.39, 0.29) is 19.1 Å². The van der Waals surface area contributed by atoms with Crippen molar-refractivity contribution in [1.29, 1.82) is 0 Å². The molecule has 0 N–H and O–H groups in total. The van der Waals surface area contributed by atoms with Crippen molar-refractivity contribution in [3.8, 4) is 0 Å². The molecule has 1 aliphatic heterocycles. The highest BCUT2D eigenvalue weighted by Crippen LogP contribution is 2.14. The Morgan fingerprint density at radius 3 is 2.67 bits per heavy atom. The number of likely N-dealkylation sites (N-methyl/N-ethyl adjacent to an activating group) is 1. The maximum absolute atomic E-state index is 12.1. The smallest absolute Gasteiger partial charge is 0.414 e. The summed E-state index contributed by atoms with van der Waals surface area (Å²) in [5, 5.41) is 0. The van der Waals surface area contributed by atoms with Crippen LogP contribution in [0.5, 0.6) is 0 Å². The quantitative estimate of drug-likeness (QED) is 0.646. The van der Waals surface area contributed by atoms with Crippen LogP contribution in [0.25, 0.3) is 0 Å². The lowest BCUT2D eigenvalue weighted by Crippen LogP contribution is -2.39. The van der Waals surface area contributed by atoms with Crippen LogP contribution in [0.3, 0.4) is 0 Å². The summed E-state index contributed by atoms with van der Waals surface area (Å²) in [6.45, 7) is 7.24. The number of nitrogens with zero attached hydrogens (tertiary/aromatic N) is 2. The van der Waals surface area contributed by atoms with E-state index in [0.29, 0.717) is 32.1 Å². The summed E-state index contributed by atoms with van der Waals surface area (Å²) in [5.41, 5.74) is -0.560. The van der Waals surface area contributed by atoms with E-state index >= 15 is 0 Å². The summed E-state index contributed by atoms with van der Waals surface area (Å²) < 4.78 is 20.9. The van der Waals surface area contributed by atoms with E-state index in [2.05, 4.69) is 0 Å². The highest BCUT2D eigenvalue weighted by atomic mass is 16.6. The lowest BCUT2D eigenvalue weighted by Gasteiger charge is -2.29. The molecule has 0 saturated heterocycles. The molecule has 0 saturated carbocycles. The zero-order valence-electron chi connectivity index (χ0n) is 15.2. The molecular weight excluding hydrogens is 316 g/mol. The summed E-state index contributed by atoms with van der Waals surface area (Å²) in [6, 6.07) is 0. The predicted octanol–water partition coefficient (Wildman–Crippen LogP) is 1.22. The van der Waals surface area contributed by atoms with Crippen molar-refractivity contribution in [2.24, 2.45) is 0 Å². The number of rotatable bonds is 7. The fourth-order valence-electron chi connectivity index (χ4n) is 1.84. The second-order valence-corrected chi connectivity index (χ2v) is 6.41. The highest BCUT2D eigenvalue weighted by molar-refractivity contribution is 5.77. The molecule has 0 aromatic carbocycles. The third-order valence-electron chi connectivity index (χ3n) is 3.02. The van der Waals surface area contributed by atoms with Crippen LogP contribution in [-0.4, -0.2) is 81.1 Å². The summed E-state index contributed by atoms with van der Waals surface area (Å²) in [5.74, 6) is 0.352. The van der Waals surface area contributed by atoms with E-state index in [1.165, 1.54) is 9.80 Å². The van der Waals surface area contributed by atoms with Crippen LogP contribution in [0.15, 0.2) is 12.0 Å². The van der Waals surface area contributed by atoms with Gasteiger partial charge in [-0.15, -0.1) is 0 Å². The third-order valence-corrected chi connectivity index (χ3v) is 3.02. The van der Waals surface area contributed by atoms with Crippen molar-refractivity contribution in [2.45, 2.75) is 26.4 Å². The van der Waals surface area contributed by atoms with Crippen LogP contribution >= 0.6 is 0 Å². The van der Waals surface area contributed by atoms with Crippen molar-refractivity contribution >= 4 is 12.0 Å². The molecule has 1 heterocycles. The first-order chi connectivity index (χ1) is 11.2. The van der Waals surface area contributed by atoms with Gasteiger partial charge in [-0.05, 0) is 20.8 Å². The third kappa shape index (κ3) is 7.65. The first kappa shape index (κ1) is 20.2. The second-order valence-electron chi connectivity index (χ2n) is 6.41. The van der Waals surface area contributed by atoms with E-state index in [9.17, 15) is 9.59 Å². The lowest BCUT2D eigenvalue weighted by molar-refractivity contribution is -0.135. The minimum Gasteiger partial charge on any atom is -0.493 e. The number of carbonyl (C=O) groups excluding carboxylic acids is 2. The molecule has 2 amide bonds. The average Bonchev–Trinajstić information content (AvgIpc) is 2.50. The molecular formula is C16H28N2O6. The number of ether oxygens (including phenoxy) is 4. The minimum absolute atomic E-state index is 0.0249. The molecule has 0 atom stereocenters. The molecule has 24 heavy (non-hydrogen) atoms. The molecule has 0 aromatic heterocycles. The Morgan fingerprint density at radius 2 is 2.04 bits per heavy atom. The maximum Gasteiger partial charge on any atom is 0.414 e. The number of amides is 2. The molecule has 138 valence electrons. The van der Waals surface area contributed by atoms with E-state index in [4.69, 9.17) is 18.9 Å². The minimum atomic E-state index is -0.560. The van der Waals surface area contributed by atoms with Gasteiger partial charge in [0.25, 0.3) is 0 Å². The average molecular weight is 344 g/mol. The van der Waals surface area contributed by atoms with Crippen molar-refractivity contribution in [3.05, 3.63) is 12.0 Å². The number of hydrogen-bond acceptors (Lipinski definition) is 6. The van der Waals surface area contributed by atoms with Gasteiger partial charge in [0.15, 0.2) is 0 Å². The Morgan fingerprint density at radius 1 is 1.33 bits per heavy atom. The summed E-state index contributed by atoms with van der Waals surface area (Å²) in [7, 11) is 3.22. The Kier molecular flexibility index (Phi) is 8.00. The van der Waals surface area contributed by atoms with Crippen LogP contribution in [0, 0.1) is 0 Å². The molecule has 0 bridgehead atoms. The van der Waals surface area contributed by atoms with Crippen LogP contribution in [-0.2, 0) is 23.7 Å². The molecule has 1 rings (SSSR count). The van der Waals surface area contributed by atoms with Crippen molar-refractivity contribution in [3.63, 3.8) is 0 Å². The van der Waals surface area contributed by atoms with Gasteiger partial charge in [0.2, 0.25) is 5.91 Å². The van der Waals surface area contributed by atoms with Gasteiger partial charge < -0.3 is 23.8 Å². The normalized spacial score (nSPS) is 14.7. The molecule has 0 unspecified atom stereocenters. The lowest BCUT2D eigenvalue weighted by atomic mass is 10.2. The standard InChI is InChI=1S/C16H28N2O6/c1-16(2,3)24-15(20)18-6-7-23-13(11-18)10-17(4)14(19)12-22-9-8-21-5/h11H,6-10,12H2,1-5H3. The Hall–Kier alpha value is -1.80. The van der Waals surface area contributed by atoms with E-state index < -0.39 is 11.7 Å². The van der Waals surface area contributed by atoms with Crippen LogP contribution in [0.4, 0.5) is 4.79 Å². The Bertz CT molecular complexity index is 458. The van der Waals surface area contributed by atoms with Gasteiger partial charge in [0, 0.05) is 14.2 Å². The van der Waals surface area contributed by atoms with Gasteiger partial charge in [0.05, 0.1) is 32.5 Å². The van der Waals surface area contributed by atoms with Gasteiger partial charge in [-0.1, -0.05) is 0 Å². The zero-order valence-corrected chi connectivity index (χ0v) is 15.2. The van der Waals surface area contributed by atoms with E-state index in [0.717, 1.165) is 0 Å². The van der Waals surface area contributed by atoms with Gasteiger partial charge in [-0.3, -0.25) is 9.69 Å². The largest absolute Gasteiger partial charge is 0.493 e. The van der Waals surface area contributed by atoms with Crippen molar-refractivity contribution in [1.82, 2.24) is 9.80 Å². The van der Waals surface area contributed by atoms with Crippen molar-refractivity contribution in [2.75, 3.05) is 53.7 Å². The molecule has 0 aromatic rings. The number of carbonyl (C=O) groups is 2. The molecule has 0 spiro atoms. The molecule has 1 aliphatic rings. The Labute approximate surface area is 143 Å². The summed E-state index contributed by atoms with van der Waals surface area (Å²) in [4.78, 5) is 27.0. The Balaban J connectivity index is 2.50. The highest BCUT2D eigenvalue weighted by Gasteiger charge is 2.24. The predicted molar refractivity (Wildman–Crippen MR) is 87.3 cm³/mol. The molecule has 0 aliphatic carbocycles. The van der Waals surface area contributed by atoms with E-state index in [1.807, 2.05) is 20.8 Å². The molecule has 8 nitrogen and oxygen atoms in total. The van der Waals surface area contributed by atoms with Crippen LogP contribution < -0.4 is 0 Å². The van der Waals surface area contributed by atoms with E-state index in [1.54, 1.807) is 20.4 Å². The topological polar surface area (TPSA) is 77.5 Å². The van der Waals surface area contributed by atoms with Gasteiger partial charge in [-0.2, -0.15) is 0 Å². The maximum atomic E-state index is 12.1. The monoisotopic (exact) mass is 344 g/mol. The summed E-state index contributed by atoms with van der Waals surface area (Å²) in [6.07, 6.45) is 1.15. The first-order valence-electron chi connectivity index (χ1n) is 7.86. The van der Waals surface area contributed by atoms with Gasteiger partial charge in [-0.25, -0.2) is 4.79 Å². The van der Waals surface area contributed by atoms with Gasteiger partial charge >= 0.3 is 6.09 Å². The second kappa shape index (κ2) is 9.48. The molecule has 0 fully saturated rings. The number of hydrogen-bond donors (Lipinski definition) is 0. The van der Waals surface area contributed by atoms with Crippen molar-refractivity contribution < 1.29 is 28.5 Å². The fourth-order valence-corrected chi connectivity index (χ4v) is 1.84. The molecule has 0 radical (unpaired) electrons. The zero-order chi connectivity index (χ0) is 18.2. The number of methoxy groups -OCH3 is 1.